The monoisotopic (exact) mass is 267 g/mol. The maximum Gasteiger partial charge on any atom is 0.0602 e. The van der Waals surface area contributed by atoms with Gasteiger partial charge in [0.1, 0.15) is 0 Å². The van der Waals surface area contributed by atoms with Crippen LogP contribution < -0.4 is 10.2 Å². The summed E-state index contributed by atoms with van der Waals surface area (Å²) in [4.78, 5) is 6.67. The Morgan fingerprint density at radius 3 is 2.65 bits per heavy atom. The number of pyridine rings is 1. The molecule has 20 heavy (non-hydrogen) atoms. The highest BCUT2D eigenvalue weighted by atomic mass is 15.2. The minimum absolute atomic E-state index is 0.257. The second-order valence-electron chi connectivity index (χ2n) is 5.36. The van der Waals surface area contributed by atoms with Gasteiger partial charge in [-0.2, -0.15) is 0 Å². The van der Waals surface area contributed by atoms with Gasteiger partial charge in [0.05, 0.1) is 17.4 Å². The molecule has 0 saturated carbocycles. The van der Waals surface area contributed by atoms with E-state index in [2.05, 4.69) is 52.5 Å². The average Bonchev–Trinajstić information content (AvgIpc) is 3.03. The highest BCUT2D eigenvalue weighted by Gasteiger charge is 2.16. The maximum atomic E-state index is 4.20. The van der Waals surface area contributed by atoms with E-state index in [1.165, 1.54) is 42.9 Å². The fraction of sp³-hybridized carbons (Fsp3) is 0.353. The van der Waals surface area contributed by atoms with Crippen LogP contribution in [0.25, 0.3) is 0 Å². The third-order valence-corrected chi connectivity index (χ3v) is 3.91. The zero-order valence-corrected chi connectivity index (χ0v) is 11.9. The van der Waals surface area contributed by atoms with Gasteiger partial charge in [-0.15, -0.1) is 0 Å². The molecule has 104 valence electrons. The van der Waals surface area contributed by atoms with E-state index in [-0.39, 0.29) is 6.04 Å². The number of nitrogens with zero attached hydrogens (tertiary/aromatic N) is 2. The zero-order chi connectivity index (χ0) is 13.8. The number of hydrogen-bond acceptors (Lipinski definition) is 3. The molecular weight excluding hydrogens is 246 g/mol. The van der Waals surface area contributed by atoms with Crippen molar-refractivity contribution in [1.29, 1.82) is 0 Å². The van der Waals surface area contributed by atoms with Gasteiger partial charge in [-0.3, -0.25) is 4.98 Å². The van der Waals surface area contributed by atoms with Gasteiger partial charge in [-0.05, 0) is 43.5 Å². The van der Waals surface area contributed by atoms with Gasteiger partial charge >= 0.3 is 0 Å². The Labute approximate surface area is 120 Å². The second kappa shape index (κ2) is 5.95. The van der Waals surface area contributed by atoms with E-state index in [4.69, 9.17) is 0 Å². The molecule has 1 saturated heterocycles. The summed E-state index contributed by atoms with van der Waals surface area (Å²) in [6, 6.07) is 12.9. The zero-order valence-electron chi connectivity index (χ0n) is 11.9. The van der Waals surface area contributed by atoms with Crippen LogP contribution in [0.5, 0.6) is 0 Å². The fourth-order valence-electron chi connectivity index (χ4n) is 2.78. The summed E-state index contributed by atoms with van der Waals surface area (Å²) in [6.45, 7) is 4.51. The van der Waals surface area contributed by atoms with E-state index in [1.54, 1.807) is 0 Å². The number of rotatable bonds is 4. The Hall–Kier alpha value is -2.03. The Morgan fingerprint density at radius 1 is 1.10 bits per heavy atom. The summed E-state index contributed by atoms with van der Waals surface area (Å²) in [5.74, 6) is 0. The lowest BCUT2D eigenvalue weighted by Crippen LogP contribution is -2.20. The molecule has 0 spiro atoms. The highest BCUT2D eigenvalue weighted by Crippen LogP contribution is 2.31. The Balaban J connectivity index is 1.80. The number of anilines is 2. The van der Waals surface area contributed by atoms with Crippen molar-refractivity contribution in [3.8, 4) is 0 Å². The van der Waals surface area contributed by atoms with Gasteiger partial charge in [-0.1, -0.05) is 18.2 Å². The van der Waals surface area contributed by atoms with Crippen LogP contribution in [0.3, 0.4) is 0 Å². The van der Waals surface area contributed by atoms with E-state index in [0.717, 1.165) is 0 Å². The molecule has 1 aromatic heterocycles. The normalized spacial score (nSPS) is 16.1. The van der Waals surface area contributed by atoms with Gasteiger partial charge in [0.25, 0.3) is 0 Å². The molecular formula is C17H21N3. The van der Waals surface area contributed by atoms with E-state index >= 15 is 0 Å². The maximum absolute atomic E-state index is 4.20. The molecule has 1 aliphatic rings. The minimum Gasteiger partial charge on any atom is -0.377 e. The third-order valence-electron chi connectivity index (χ3n) is 3.91. The molecule has 0 amide bonds. The number of nitrogens with one attached hydrogen (secondary N) is 1. The van der Waals surface area contributed by atoms with Crippen molar-refractivity contribution in [3.05, 3.63) is 54.4 Å². The molecule has 3 rings (SSSR count). The molecule has 3 nitrogen and oxygen atoms in total. The predicted molar refractivity (Wildman–Crippen MR) is 84.2 cm³/mol. The first-order valence-corrected chi connectivity index (χ1v) is 7.35. The topological polar surface area (TPSA) is 28.2 Å². The molecule has 2 heterocycles. The molecule has 2 aromatic rings. The van der Waals surface area contributed by atoms with Crippen LogP contribution in [-0.2, 0) is 0 Å². The van der Waals surface area contributed by atoms with Gasteiger partial charge < -0.3 is 10.2 Å². The lowest BCUT2D eigenvalue weighted by molar-refractivity contribution is 0.870. The van der Waals surface area contributed by atoms with Gasteiger partial charge in [0.15, 0.2) is 0 Å². The average molecular weight is 267 g/mol. The molecule has 1 unspecified atom stereocenters. The number of benzene rings is 1. The smallest absolute Gasteiger partial charge is 0.0602 e. The summed E-state index contributed by atoms with van der Waals surface area (Å²) >= 11 is 0. The molecule has 0 bridgehead atoms. The van der Waals surface area contributed by atoms with Crippen molar-refractivity contribution in [2.45, 2.75) is 25.8 Å². The lowest BCUT2D eigenvalue weighted by atomic mass is 10.1. The standard InChI is InChI=1S/C17H21N3/c1-14(15-7-6-10-18-13-15)19-16-8-2-3-9-17(16)20-11-4-5-12-20/h2-3,6-10,13-14,19H,4-5,11-12H2,1H3. The molecule has 1 aliphatic heterocycles. The Kier molecular flexibility index (Phi) is 3.86. The van der Waals surface area contributed by atoms with Crippen LogP contribution in [0.15, 0.2) is 48.8 Å². The molecule has 1 atom stereocenters. The molecule has 1 N–H and O–H groups in total. The largest absolute Gasteiger partial charge is 0.377 e. The van der Waals surface area contributed by atoms with E-state index in [0.29, 0.717) is 0 Å². The van der Waals surface area contributed by atoms with E-state index in [9.17, 15) is 0 Å². The highest BCUT2D eigenvalue weighted by molar-refractivity contribution is 5.70. The quantitative estimate of drug-likeness (QED) is 0.912. The summed E-state index contributed by atoms with van der Waals surface area (Å²) in [6.07, 6.45) is 6.34. The number of aromatic nitrogens is 1. The van der Waals surface area contributed by atoms with Crippen molar-refractivity contribution in [2.24, 2.45) is 0 Å². The number of hydrogen-bond donors (Lipinski definition) is 1. The summed E-state index contributed by atoms with van der Waals surface area (Å²) in [5.41, 5.74) is 3.75. The third kappa shape index (κ3) is 2.77. The van der Waals surface area contributed by atoms with Crippen molar-refractivity contribution >= 4 is 11.4 Å². The van der Waals surface area contributed by atoms with Crippen molar-refractivity contribution in [1.82, 2.24) is 4.98 Å². The SMILES string of the molecule is CC(Nc1ccccc1N1CCCC1)c1cccnc1. The van der Waals surface area contributed by atoms with E-state index in [1.807, 2.05) is 18.5 Å². The van der Waals surface area contributed by atoms with Crippen molar-refractivity contribution in [2.75, 3.05) is 23.3 Å². The first kappa shape index (κ1) is 13.0. The lowest BCUT2D eigenvalue weighted by Gasteiger charge is -2.24. The minimum atomic E-state index is 0.257. The second-order valence-corrected chi connectivity index (χ2v) is 5.36. The first-order chi connectivity index (χ1) is 9.84. The van der Waals surface area contributed by atoms with Crippen LogP contribution in [0.2, 0.25) is 0 Å². The van der Waals surface area contributed by atoms with Crippen LogP contribution in [-0.4, -0.2) is 18.1 Å². The molecule has 1 aromatic carbocycles. The Bertz CT molecular complexity index is 547. The van der Waals surface area contributed by atoms with Crippen LogP contribution >= 0.6 is 0 Å². The van der Waals surface area contributed by atoms with Gasteiger partial charge in [0, 0.05) is 25.5 Å². The van der Waals surface area contributed by atoms with Gasteiger partial charge in [-0.25, -0.2) is 0 Å². The van der Waals surface area contributed by atoms with Crippen LogP contribution in [0, 0.1) is 0 Å². The summed E-state index contributed by atoms with van der Waals surface area (Å²) in [5, 5.41) is 3.62. The molecule has 1 fully saturated rings. The Morgan fingerprint density at radius 2 is 1.90 bits per heavy atom. The van der Waals surface area contributed by atoms with E-state index < -0.39 is 0 Å². The van der Waals surface area contributed by atoms with Gasteiger partial charge in [0.2, 0.25) is 0 Å². The summed E-state index contributed by atoms with van der Waals surface area (Å²) < 4.78 is 0. The van der Waals surface area contributed by atoms with Crippen molar-refractivity contribution < 1.29 is 0 Å². The predicted octanol–water partition coefficient (Wildman–Crippen LogP) is 3.85. The fourth-order valence-corrected chi connectivity index (χ4v) is 2.78. The van der Waals surface area contributed by atoms with Crippen LogP contribution in [0.1, 0.15) is 31.4 Å². The van der Waals surface area contributed by atoms with Crippen molar-refractivity contribution in [3.63, 3.8) is 0 Å². The first-order valence-electron chi connectivity index (χ1n) is 7.35. The molecule has 0 radical (unpaired) electrons. The molecule has 0 aliphatic carbocycles. The molecule has 3 heteroatoms. The number of para-hydroxylation sites is 2. The summed E-state index contributed by atoms with van der Waals surface area (Å²) in [7, 11) is 0. The van der Waals surface area contributed by atoms with Crippen LogP contribution in [0.4, 0.5) is 11.4 Å².